The zero-order chi connectivity index (χ0) is 18.3. The number of nitrogens with one attached hydrogen (secondary N) is 2. The number of ether oxygens (including phenoxy) is 2. The molecule has 0 aromatic heterocycles. The van der Waals surface area contributed by atoms with E-state index in [0.717, 1.165) is 24.2 Å². The molecule has 1 aliphatic rings. The highest BCUT2D eigenvalue weighted by molar-refractivity contribution is 7.90. The maximum absolute atomic E-state index is 12.1. The normalized spacial score (nSPS) is 15.1. The van der Waals surface area contributed by atoms with Crippen LogP contribution in [0.5, 0.6) is 11.5 Å². The van der Waals surface area contributed by atoms with Crippen LogP contribution in [0.1, 0.15) is 31.2 Å². The summed E-state index contributed by atoms with van der Waals surface area (Å²) < 4.78 is 37.0. The Hall–Kier alpha value is -1.80. The fraction of sp³-hybridized carbons (Fsp3) is 0.588. The van der Waals surface area contributed by atoms with Crippen molar-refractivity contribution < 1.29 is 22.7 Å². The van der Waals surface area contributed by atoms with Crippen LogP contribution < -0.4 is 19.5 Å². The molecule has 1 aliphatic carbocycles. The Balaban J connectivity index is 1.79. The summed E-state index contributed by atoms with van der Waals surface area (Å²) >= 11 is 0. The van der Waals surface area contributed by atoms with Crippen LogP contribution in [0, 0.1) is 0 Å². The van der Waals surface area contributed by atoms with Gasteiger partial charge in [-0.1, -0.05) is 12.8 Å². The van der Waals surface area contributed by atoms with E-state index in [1.807, 2.05) is 12.1 Å². The van der Waals surface area contributed by atoms with Gasteiger partial charge < -0.3 is 14.8 Å². The second kappa shape index (κ2) is 9.05. The highest BCUT2D eigenvalue weighted by atomic mass is 32.2. The Kier molecular flexibility index (Phi) is 7.07. The lowest BCUT2D eigenvalue weighted by Gasteiger charge is -2.13. The maximum atomic E-state index is 12.1. The number of carbonyl (C=O) groups is 1. The molecular formula is C17H26N2O5S. The Morgan fingerprint density at radius 1 is 1.20 bits per heavy atom. The van der Waals surface area contributed by atoms with Crippen molar-refractivity contribution in [3.05, 3.63) is 23.8 Å². The van der Waals surface area contributed by atoms with Crippen molar-refractivity contribution in [3.8, 4) is 11.5 Å². The average molecular weight is 370 g/mol. The molecule has 0 spiro atoms. The van der Waals surface area contributed by atoms with Gasteiger partial charge in [0.2, 0.25) is 15.9 Å². The van der Waals surface area contributed by atoms with Gasteiger partial charge in [0.05, 0.1) is 26.0 Å². The van der Waals surface area contributed by atoms with Crippen molar-refractivity contribution in [2.45, 2.75) is 37.4 Å². The van der Waals surface area contributed by atoms with Crippen LogP contribution >= 0.6 is 0 Å². The summed E-state index contributed by atoms with van der Waals surface area (Å²) in [6, 6.07) is 5.47. The number of amides is 1. The minimum absolute atomic E-state index is 0.228. The fourth-order valence-corrected chi connectivity index (χ4v) is 4.48. The SMILES string of the molecule is COc1ccc(OC)c(CCNC(=O)CNS(=O)(=O)C2CCCC2)c1. The molecule has 1 amide bonds. The Bertz CT molecular complexity index is 684. The van der Waals surface area contributed by atoms with Crippen LogP contribution in [0.15, 0.2) is 18.2 Å². The fourth-order valence-electron chi connectivity index (χ4n) is 2.96. The summed E-state index contributed by atoms with van der Waals surface area (Å²) in [5.41, 5.74) is 0.911. The molecule has 1 aromatic rings. The Morgan fingerprint density at radius 3 is 2.56 bits per heavy atom. The molecule has 1 aromatic carbocycles. The van der Waals surface area contributed by atoms with Gasteiger partial charge in [-0.2, -0.15) is 0 Å². The molecular weight excluding hydrogens is 344 g/mol. The number of hydrogen-bond acceptors (Lipinski definition) is 5. The summed E-state index contributed by atoms with van der Waals surface area (Å²) in [5, 5.41) is 2.36. The molecule has 0 radical (unpaired) electrons. The molecule has 2 N–H and O–H groups in total. The summed E-state index contributed by atoms with van der Waals surface area (Å²) in [4.78, 5) is 11.9. The molecule has 0 bridgehead atoms. The van der Waals surface area contributed by atoms with E-state index in [2.05, 4.69) is 10.0 Å². The van der Waals surface area contributed by atoms with Gasteiger partial charge in [-0.15, -0.1) is 0 Å². The van der Waals surface area contributed by atoms with Crippen LogP contribution in [0.4, 0.5) is 0 Å². The molecule has 0 heterocycles. The zero-order valence-electron chi connectivity index (χ0n) is 14.7. The molecule has 8 heteroatoms. The minimum atomic E-state index is -3.40. The Morgan fingerprint density at radius 2 is 1.92 bits per heavy atom. The zero-order valence-corrected chi connectivity index (χ0v) is 15.5. The predicted octanol–water partition coefficient (Wildman–Crippen LogP) is 1.22. The van der Waals surface area contributed by atoms with Crippen LogP contribution in [-0.4, -0.2) is 46.9 Å². The quantitative estimate of drug-likeness (QED) is 0.682. The number of benzene rings is 1. The van der Waals surface area contributed by atoms with Crippen LogP contribution in [-0.2, 0) is 21.2 Å². The standard InChI is InChI=1S/C17H26N2O5S/c1-23-14-7-8-16(24-2)13(11-14)9-10-18-17(20)12-19-25(21,22)15-5-3-4-6-15/h7-8,11,15,19H,3-6,9-10,12H2,1-2H3,(H,18,20). The third kappa shape index (κ3) is 5.61. The third-order valence-corrected chi connectivity index (χ3v) is 6.27. The van der Waals surface area contributed by atoms with E-state index in [-0.39, 0.29) is 17.7 Å². The van der Waals surface area contributed by atoms with Gasteiger partial charge in [0.25, 0.3) is 0 Å². The molecule has 0 atom stereocenters. The van der Waals surface area contributed by atoms with Crippen molar-refractivity contribution in [1.29, 1.82) is 0 Å². The first kappa shape index (κ1) is 19.5. The van der Waals surface area contributed by atoms with Crippen molar-refractivity contribution in [1.82, 2.24) is 10.0 Å². The molecule has 7 nitrogen and oxygen atoms in total. The largest absolute Gasteiger partial charge is 0.497 e. The number of sulfonamides is 1. The van der Waals surface area contributed by atoms with E-state index in [0.29, 0.717) is 31.6 Å². The van der Waals surface area contributed by atoms with Crippen molar-refractivity contribution in [3.63, 3.8) is 0 Å². The van der Waals surface area contributed by atoms with E-state index >= 15 is 0 Å². The van der Waals surface area contributed by atoms with Crippen molar-refractivity contribution in [2.24, 2.45) is 0 Å². The number of methoxy groups -OCH3 is 2. The molecule has 1 saturated carbocycles. The molecule has 0 aliphatic heterocycles. The first-order valence-electron chi connectivity index (χ1n) is 8.42. The van der Waals surface area contributed by atoms with E-state index in [4.69, 9.17) is 9.47 Å². The van der Waals surface area contributed by atoms with Gasteiger partial charge in [0.1, 0.15) is 11.5 Å². The highest BCUT2D eigenvalue weighted by Gasteiger charge is 2.28. The van der Waals surface area contributed by atoms with Crippen LogP contribution in [0.2, 0.25) is 0 Å². The summed E-state index contributed by atoms with van der Waals surface area (Å²) in [5.74, 6) is 1.09. The van der Waals surface area contributed by atoms with E-state index in [1.165, 1.54) is 0 Å². The second-order valence-corrected chi connectivity index (χ2v) is 8.10. The van der Waals surface area contributed by atoms with Gasteiger partial charge in [-0.25, -0.2) is 13.1 Å². The topological polar surface area (TPSA) is 93.7 Å². The van der Waals surface area contributed by atoms with Gasteiger partial charge in [-0.3, -0.25) is 4.79 Å². The first-order valence-corrected chi connectivity index (χ1v) is 9.97. The van der Waals surface area contributed by atoms with Crippen LogP contribution in [0.25, 0.3) is 0 Å². The van der Waals surface area contributed by atoms with E-state index in [1.54, 1.807) is 20.3 Å². The number of rotatable bonds is 9. The monoisotopic (exact) mass is 370 g/mol. The van der Waals surface area contributed by atoms with E-state index < -0.39 is 10.0 Å². The van der Waals surface area contributed by atoms with Gasteiger partial charge >= 0.3 is 0 Å². The molecule has 140 valence electrons. The number of hydrogen-bond donors (Lipinski definition) is 2. The molecule has 2 rings (SSSR count). The molecule has 0 saturated heterocycles. The molecule has 25 heavy (non-hydrogen) atoms. The van der Waals surface area contributed by atoms with Gasteiger partial charge in [0.15, 0.2) is 0 Å². The lowest BCUT2D eigenvalue weighted by atomic mass is 10.1. The van der Waals surface area contributed by atoms with Gasteiger partial charge in [-0.05, 0) is 43.0 Å². The van der Waals surface area contributed by atoms with E-state index in [9.17, 15) is 13.2 Å². The van der Waals surface area contributed by atoms with Crippen molar-refractivity contribution in [2.75, 3.05) is 27.3 Å². The second-order valence-electron chi connectivity index (χ2n) is 6.05. The van der Waals surface area contributed by atoms with Crippen molar-refractivity contribution >= 4 is 15.9 Å². The lowest BCUT2D eigenvalue weighted by Crippen LogP contribution is -2.41. The smallest absolute Gasteiger partial charge is 0.235 e. The molecule has 0 unspecified atom stereocenters. The summed E-state index contributed by atoms with van der Waals surface area (Å²) in [7, 11) is -0.227. The highest BCUT2D eigenvalue weighted by Crippen LogP contribution is 2.24. The lowest BCUT2D eigenvalue weighted by molar-refractivity contribution is -0.119. The Labute approximate surface area is 149 Å². The van der Waals surface area contributed by atoms with Crippen LogP contribution in [0.3, 0.4) is 0 Å². The van der Waals surface area contributed by atoms with Gasteiger partial charge in [0, 0.05) is 6.54 Å². The number of carbonyl (C=O) groups excluding carboxylic acids is 1. The summed E-state index contributed by atoms with van der Waals surface area (Å²) in [6.45, 7) is 0.154. The predicted molar refractivity (Wildman–Crippen MR) is 95.4 cm³/mol. The first-order chi connectivity index (χ1) is 12.0. The minimum Gasteiger partial charge on any atom is -0.497 e. The molecule has 1 fully saturated rings. The maximum Gasteiger partial charge on any atom is 0.235 e. The third-order valence-electron chi connectivity index (χ3n) is 4.38. The summed E-state index contributed by atoms with van der Waals surface area (Å²) in [6.07, 6.45) is 3.76. The average Bonchev–Trinajstić information content (AvgIpc) is 3.15.